The molecule has 2 heterocycles. The molecular formula is C17H17NO5S. The molecular weight excluding hydrogens is 330 g/mol. The molecule has 1 amide bonds. The number of carbonyl (C=O) groups is 2. The number of thiophene rings is 1. The Kier molecular flexibility index (Phi) is 5.00. The first-order valence-electron chi connectivity index (χ1n) is 7.52. The molecule has 6 nitrogen and oxygen atoms in total. The summed E-state index contributed by atoms with van der Waals surface area (Å²) in [6, 6.07) is 9.03. The summed E-state index contributed by atoms with van der Waals surface area (Å²) in [6.45, 7) is 1.10. The van der Waals surface area contributed by atoms with Crippen molar-refractivity contribution in [1.82, 2.24) is 0 Å². The number of hydrogen-bond donors (Lipinski definition) is 1. The normalized spacial score (nSPS) is 12.5. The number of benzene rings is 1. The lowest BCUT2D eigenvalue weighted by molar-refractivity contribution is -0.116. The lowest BCUT2D eigenvalue weighted by Crippen LogP contribution is -2.15. The zero-order valence-electron chi connectivity index (χ0n) is 13.2. The van der Waals surface area contributed by atoms with Gasteiger partial charge in [0.2, 0.25) is 5.91 Å². The molecule has 1 aliphatic rings. The third kappa shape index (κ3) is 3.86. The Morgan fingerprint density at radius 1 is 1.17 bits per heavy atom. The minimum atomic E-state index is -0.406. The van der Waals surface area contributed by atoms with Gasteiger partial charge in [0.05, 0.1) is 12.1 Å². The van der Waals surface area contributed by atoms with E-state index in [4.69, 9.17) is 9.47 Å². The van der Waals surface area contributed by atoms with E-state index in [1.54, 1.807) is 12.1 Å². The third-order valence-electron chi connectivity index (χ3n) is 3.50. The summed E-state index contributed by atoms with van der Waals surface area (Å²) in [4.78, 5) is 23.9. The van der Waals surface area contributed by atoms with E-state index in [1.165, 1.54) is 18.4 Å². The van der Waals surface area contributed by atoms with Crippen LogP contribution in [0.25, 0.3) is 0 Å². The fraction of sp³-hybridized carbons (Fsp3) is 0.294. The van der Waals surface area contributed by atoms with E-state index < -0.39 is 5.97 Å². The summed E-state index contributed by atoms with van der Waals surface area (Å²) in [5, 5.41) is 3.42. The maximum absolute atomic E-state index is 12.0. The van der Waals surface area contributed by atoms with Crippen LogP contribution in [0.1, 0.15) is 21.7 Å². The van der Waals surface area contributed by atoms with Crippen LogP contribution in [0.2, 0.25) is 0 Å². The molecule has 0 unspecified atom stereocenters. The minimum Gasteiger partial charge on any atom is -0.486 e. The number of anilines is 1. The van der Waals surface area contributed by atoms with Gasteiger partial charge in [-0.2, -0.15) is 0 Å². The quantitative estimate of drug-likeness (QED) is 0.842. The Hall–Kier alpha value is -2.54. The topological polar surface area (TPSA) is 73.9 Å². The molecule has 0 spiro atoms. The van der Waals surface area contributed by atoms with Crippen molar-refractivity contribution in [1.29, 1.82) is 0 Å². The number of esters is 1. The highest BCUT2D eigenvalue weighted by Crippen LogP contribution is 2.31. The number of rotatable bonds is 5. The fourth-order valence-electron chi connectivity index (χ4n) is 2.32. The Balaban J connectivity index is 1.54. The molecule has 0 radical (unpaired) electrons. The molecule has 126 valence electrons. The van der Waals surface area contributed by atoms with Crippen molar-refractivity contribution in [2.75, 3.05) is 25.6 Å². The third-order valence-corrected chi connectivity index (χ3v) is 4.48. The highest BCUT2D eigenvalue weighted by Gasteiger charge is 2.13. The fourth-order valence-corrected chi connectivity index (χ4v) is 3.16. The first-order valence-corrected chi connectivity index (χ1v) is 8.34. The molecule has 24 heavy (non-hydrogen) atoms. The molecule has 3 rings (SSSR count). The maximum atomic E-state index is 12.0. The Morgan fingerprint density at radius 3 is 2.75 bits per heavy atom. The van der Waals surface area contributed by atoms with Gasteiger partial charge < -0.3 is 19.5 Å². The second-order valence-corrected chi connectivity index (χ2v) is 6.27. The lowest BCUT2D eigenvalue weighted by atomic mass is 10.1. The number of fused-ring (bicyclic) bond motifs is 1. The molecule has 1 N–H and O–H groups in total. The molecule has 7 heteroatoms. The number of methoxy groups -OCH3 is 1. The second kappa shape index (κ2) is 7.35. The SMILES string of the molecule is COC(=O)c1ccc(NC(=O)CCc2ccc3c(c2)OCCO3)s1. The number of ether oxygens (including phenoxy) is 3. The largest absolute Gasteiger partial charge is 0.486 e. The van der Waals surface area contributed by atoms with Gasteiger partial charge in [0.1, 0.15) is 18.1 Å². The van der Waals surface area contributed by atoms with Gasteiger partial charge in [-0.05, 0) is 36.2 Å². The molecule has 0 aliphatic carbocycles. The summed E-state index contributed by atoms with van der Waals surface area (Å²) in [7, 11) is 1.33. The van der Waals surface area contributed by atoms with E-state index in [9.17, 15) is 9.59 Å². The first-order chi connectivity index (χ1) is 11.7. The van der Waals surface area contributed by atoms with E-state index >= 15 is 0 Å². The zero-order chi connectivity index (χ0) is 16.9. The number of carbonyl (C=O) groups excluding carboxylic acids is 2. The molecule has 1 aromatic carbocycles. The average Bonchev–Trinajstić information content (AvgIpc) is 3.07. The molecule has 2 aromatic rings. The Morgan fingerprint density at radius 2 is 1.96 bits per heavy atom. The summed E-state index contributed by atoms with van der Waals surface area (Å²) < 4.78 is 15.6. The minimum absolute atomic E-state index is 0.108. The van der Waals surface area contributed by atoms with Gasteiger partial charge in [-0.1, -0.05) is 6.07 Å². The van der Waals surface area contributed by atoms with Crippen molar-refractivity contribution in [2.24, 2.45) is 0 Å². The predicted octanol–water partition coefficient (Wildman–Crippen LogP) is 2.88. The Bertz CT molecular complexity index is 755. The van der Waals surface area contributed by atoms with Gasteiger partial charge in [-0.15, -0.1) is 11.3 Å². The Labute approximate surface area is 143 Å². The van der Waals surface area contributed by atoms with Crippen molar-refractivity contribution in [2.45, 2.75) is 12.8 Å². The van der Waals surface area contributed by atoms with Crippen LogP contribution in [0, 0.1) is 0 Å². The molecule has 0 bridgehead atoms. The van der Waals surface area contributed by atoms with E-state index in [0.29, 0.717) is 35.9 Å². The standard InChI is InChI=1S/C17H17NO5S/c1-21-17(20)14-5-7-16(24-14)18-15(19)6-3-11-2-4-12-13(10-11)23-9-8-22-12/h2,4-5,7,10H,3,6,8-9H2,1H3,(H,18,19). The molecule has 0 saturated carbocycles. The second-order valence-electron chi connectivity index (χ2n) is 5.18. The predicted molar refractivity (Wildman–Crippen MR) is 90.0 cm³/mol. The van der Waals surface area contributed by atoms with Crippen LogP contribution < -0.4 is 14.8 Å². The van der Waals surface area contributed by atoms with Gasteiger partial charge in [-0.25, -0.2) is 4.79 Å². The van der Waals surface area contributed by atoms with E-state index in [1.807, 2.05) is 18.2 Å². The van der Waals surface area contributed by atoms with Gasteiger partial charge in [0.15, 0.2) is 11.5 Å². The molecule has 0 fully saturated rings. The number of aryl methyl sites for hydroxylation is 1. The van der Waals surface area contributed by atoms with Crippen molar-refractivity contribution < 1.29 is 23.8 Å². The lowest BCUT2D eigenvalue weighted by Gasteiger charge is -2.18. The van der Waals surface area contributed by atoms with Crippen molar-refractivity contribution in [3.63, 3.8) is 0 Å². The van der Waals surface area contributed by atoms with Crippen molar-refractivity contribution in [3.05, 3.63) is 40.8 Å². The van der Waals surface area contributed by atoms with Crippen LogP contribution in [0.5, 0.6) is 11.5 Å². The van der Waals surface area contributed by atoms with E-state index in [-0.39, 0.29) is 5.91 Å². The molecule has 0 atom stereocenters. The van der Waals surface area contributed by atoms with Crippen molar-refractivity contribution in [3.8, 4) is 11.5 Å². The highest BCUT2D eigenvalue weighted by atomic mass is 32.1. The number of amides is 1. The van der Waals surface area contributed by atoms with E-state index in [0.717, 1.165) is 17.1 Å². The van der Waals surface area contributed by atoms with Crippen LogP contribution in [-0.2, 0) is 16.0 Å². The molecule has 1 aliphatic heterocycles. The summed E-state index contributed by atoms with van der Waals surface area (Å²) in [5.74, 6) is 0.948. The van der Waals surface area contributed by atoms with Crippen LogP contribution in [-0.4, -0.2) is 32.2 Å². The first kappa shape index (κ1) is 16.3. The van der Waals surface area contributed by atoms with Crippen LogP contribution in [0.4, 0.5) is 5.00 Å². The number of nitrogens with one attached hydrogen (secondary N) is 1. The van der Waals surface area contributed by atoms with Crippen LogP contribution in [0.15, 0.2) is 30.3 Å². The van der Waals surface area contributed by atoms with Gasteiger partial charge in [-0.3, -0.25) is 4.79 Å². The average molecular weight is 347 g/mol. The number of hydrogen-bond acceptors (Lipinski definition) is 6. The monoisotopic (exact) mass is 347 g/mol. The smallest absolute Gasteiger partial charge is 0.348 e. The summed E-state index contributed by atoms with van der Waals surface area (Å²) >= 11 is 1.19. The summed E-state index contributed by atoms with van der Waals surface area (Å²) in [6.07, 6.45) is 0.933. The molecule has 1 aromatic heterocycles. The molecule has 0 saturated heterocycles. The van der Waals surface area contributed by atoms with Gasteiger partial charge in [0.25, 0.3) is 0 Å². The summed E-state index contributed by atoms with van der Waals surface area (Å²) in [5.41, 5.74) is 1.01. The maximum Gasteiger partial charge on any atom is 0.348 e. The van der Waals surface area contributed by atoms with Crippen LogP contribution in [0.3, 0.4) is 0 Å². The highest BCUT2D eigenvalue weighted by molar-refractivity contribution is 7.18. The van der Waals surface area contributed by atoms with Gasteiger partial charge in [0, 0.05) is 6.42 Å². The zero-order valence-corrected chi connectivity index (χ0v) is 14.0. The van der Waals surface area contributed by atoms with Crippen molar-refractivity contribution >= 4 is 28.2 Å². The van der Waals surface area contributed by atoms with Gasteiger partial charge >= 0.3 is 5.97 Å². The van der Waals surface area contributed by atoms with E-state index in [2.05, 4.69) is 10.1 Å². The van der Waals surface area contributed by atoms with Crippen LogP contribution >= 0.6 is 11.3 Å².